The van der Waals surface area contributed by atoms with E-state index in [-0.39, 0.29) is 5.41 Å². The van der Waals surface area contributed by atoms with Crippen LogP contribution in [0, 0.1) is 5.41 Å². The van der Waals surface area contributed by atoms with E-state index >= 15 is 0 Å². The summed E-state index contributed by atoms with van der Waals surface area (Å²) in [4.78, 5) is 28.7. The Balaban J connectivity index is 3.11. The quantitative estimate of drug-likeness (QED) is 0.532. The van der Waals surface area contributed by atoms with Crippen molar-refractivity contribution in [2.45, 2.75) is 58.0 Å². The van der Waals surface area contributed by atoms with E-state index in [0.717, 1.165) is 12.8 Å². The zero-order chi connectivity index (χ0) is 12.4. The van der Waals surface area contributed by atoms with Gasteiger partial charge in [-0.2, -0.15) is 9.98 Å². The molecule has 1 saturated carbocycles. The highest BCUT2D eigenvalue weighted by molar-refractivity contribution is 5.37. The van der Waals surface area contributed by atoms with Gasteiger partial charge in [-0.1, -0.05) is 13.8 Å². The van der Waals surface area contributed by atoms with E-state index in [1.165, 1.54) is 0 Å². The molecule has 1 fully saturated rings. The van der Waals surface area contributed by atoms with Gasteiger partial charge in [-0.05, 0) is 38.5 Å². The molecule has 16 heavy (non-hydrogen) atoms. The van der Waals surface area contributed by atoms with Crippen LogP contribution in [0.3, 0.4) is 0 Å². The van der Waals surface area contributed by atoms with Crippen molar-refractivity contribution >= 4 is 12.2 Å². The van der Waals surface area contributed by atoms with Crippen molar-refractivity contribution in [3.8, 4) is 0 Å². The number of hydrogen-bond acceptors (Lipinski definition) is 4. The van der Waals surface area contributed by atoms with Crippen molar-refractivity contribution in [3.05, 3.63) is 0 Å². The van der Waals surface area contributed by atoms with Crippen molar-refractivity contribution in [1.82, 2.24) is 0 Å². The molecule has 1 rings (SSSR count). The SMILES string of the molecule is CC1(C)CC(C)(N=C=O)CC(C)(N=C=O)C1. The van der Waals surface area contributed by atoms with E-state index in [4.69, 9.17) is 0 Å². The summed E-state index contributed by atoms with van der Waals surface area (Å²) in [7, 11) is 0. The van der Waals surface area contributed by atoms with Gasteiger partial charge in [-0.15, -0.1) is 0 Å². The van der Waals surface area contributed by atoms with Crippen LogP contribution in [-0.4, -0.2) is 23.2 Å². The van der Waals surface area contributed by atoms with Gasteiger partial charge in [0.25, 0.3) is 0 Å². The fraction of sp³-hybridized carbons (Fsp3) is 0.833. The smallest absolute Gasteiger partial charge is 0.211 e. The van der Waals surface area contributed by atoms with Crippen LogP contribution in [0.5, 0.6) is 0 Å². The van der Waals surface area contributed by atoms with Gasteiger partial charge in [0.2, 0.25) is 12.2 Å². The van der Waals surface area contributed by atoms with Crippen LogP contribution in [0.15, 0.2) is 9.98 Å². The summed E-state index contributed by atoms with van der Waals surface area (Å²) in [5.74, 6) is 0. The Labute approximate surface area is 95.9 Å². The minimum atomic E-state index is -0.474. The molecule has 0 heterocycles. The lowest BCUT2D eigenvalue weighted by atomic mass is 9.62. The van der Waals surface area contributed by atoms with Crippen molar-refractivity contribution in [2.24, 2.45) is 15.4 Å². The van der Waals surface area contributed by atoms with Crippen molar-refractivity contribution in [3.63, 3.8) is 0 Å². The first-order valence-electron chi connectivity index (χ1n) is 5.42. The molecule has 4 heteroatoms. The average Bonchev–Trinajstić information content (AvgIpc) is 1.97. The minimum Gasteiger partial charge on any atom is -0.211 e. The summed E-state index contributed by atoms with van der Waals surface area (Å²) in [6.45, 7) is 8.03. The fourth-order valence-electron chi connectivity index (χ4n) is 3.45. The zero-order valence-corrected chi connectivity index (χ0v) is 10.3. The average molecular weight is 222 g/mol. The van der Waals surface area contributed by atoms with Crippen LogP contribution >= 0.6 is 0 Å². The highest BCUT2D eigenvalue weighted by atomic mass is 16.1. The second-order valence-electron chi connectivity index (χ2n) is 6.09. The standard InChI is InChI=1S/C12H18N2O2/c1-10(2)5-11(3,13-8-15)7-12(4,6-10)14-9-16/h5-7H2,1-4H3. The van der Waals surface area contributed by atoms with Crippen molar-refractivity contribution in [1.29, 1.82) is 0 Å². The summed E-state index contributed by atoms with van der Waals surface area (Å²) in [6.07, 6.45) is 5.46. The molecule has 88 valence electrons. The zero-order valence-electron chi connectivity index (χ0n) is 10.3. The fourth-order valence-corrected chi connectivity index (χ4v) is 3.45. The normalized spacial score (nSPS) is 37.0. The molecule has 0 N–H and O–H groups in total. The first-order valence-corrected chi connectivity index (χ1v) is 5.42. The molecule has 1 aliphatic rings. The number of isocyanates is 2. The Morgan fingerprint density at radius 2 is 1.19 bits per heavy atom. The largest absolute Gasteiger partial charge is 0.235 e. The lowest BCUT2D eigenvalue weighted by molar-refractivity contribution is 0.101. The maximum absolute atomic E-state index is 10.5. The molecule has 2 atom stereocenters. The summed E-state index contributed by atoms with van der Waals surface area (Å²) in [5.41, 5.74) is -0.945. The van der Waals surface area contributed by atoms with E-state index in [1.807, 2.05) is 13.8 Å². The van der Waals surface area contributed by atoms with E-state index in [1.54, 1.807) is 12.2 Å². The third-order valence-electron chi connectivity index (χ3n) is 3.11. The van der Waals surface area contributed by atoms with E-state index in [0.29, 0.717) is 6.42 Å². The van der Waals surface area contributed by atoms with Crippen LogP contribution in [0.1, 0.15) is 47.0 Å². The molecule has 1 aliphatic carbocycles. The monoisotopic (exact) mass is 222 g/mol. The van der Waals surface area contributed by atoms with Gasteiger partial charge >= 0.3 is 0 Å². The molecular weight excluding hydrogens is 204 g/mol. The molecule has 4 nitrogen and oxygen atoms in total. The molecule has 0 aromatic carbocycles. The van der Waals surface area contributed by atoms with Crippen LogP contribution in [0.4, 0.5) is 0 Å². The molecule has 0 aliphatic heterocycles. The lowest BCUT2D eigenvalue weighted by Gasteiger charge is -2.47. The number of nitrogens with zero attached hydrogens (tertiary/aromatic N) is 2. The second-order valence-corrected chi connectivity index (χ2v) is 6.09. The van der Waals surface area contributed by atoms with E-state index in [2.05, 4.69) is 23.8 Å². The first-order chi connectivity index (χ1) is 7.24. The Hall–Kier alpha value is -1.24. The molecule has 0 bridgehead atoms. The Bertz CT molecular complexity index is 344. The minimum absolute atomic E-state index is 0.00243. The molecule has 0 aromatic heterocycles. The molecule has 0 spiro atoms. The highest BCUT2D eigenvalue weighted by Gasteiger charge is 2.47. The van der Waals surface area contributed by atoms with Gasteiger partial charge in [0.15, 0.2) is 0 Å². The van der Waals surface area contributed by atoms with Gasteiger partial charge in [0.05, 0.1) is 11.1 Å². The van der Waals surface area contributed by atoms with E-state index in [9.17, 15) is 9.59 Å². The molecule has 0 radical (unpaired) electrons. The number of hydrogen-bond donors (Lipinski definition) is 0. The summed E-state index contributed by atoms with van der Waals surface area (Å²) >= 11 is 0. The van der Waals surface area contributed by atoms with Gasteiger partial charge in [-0.25, -0.2) is 9.59 Å². The predicted molar refractivity (Wildman–Crippen MR) is 60.7 cm³/mol. The summed E-state index contributed by atoms with van der Waals surface area (Å²) < 4.78 is 0. The first kappa shape index (κ1) is 12.8. The highest BCUT2D eigenvalue weighted by Crippen LogP contribution is 2.48. The molecular formula is C12H18N2O2. The molecule has 0 aromatic rings. The van der Waals surface area contributed by atoms with Crippen molar-refractivity contribution < 1.29 is 9.59 Å². The van der Waals surface area contributed by atoms with Gasteiger partial charge < -0.3 is 0 Å². The van der Waals surface area contributed by atoms with Crippen LogP contribution in [0.25, 0.3) is 0 Å². The van der Waals surface area contributed by atoms with Gasteiger partial charge in [0.1, 0.15) is 0 Å². The van der Waals surface area contributed by atoms with Crippen LogP contribution in [-0.2, 0) is 9.59 Å². The number of aliphatic imine (C=N–C) groups is 2. The maximum atomic E-state index is 10.5. The Kier molecular flexibility index (Phi) is 3.18. The molecule has 0 saturated heterocycles. The number of carbonyl (C=O) groups excluding carboxylic acids is 2. The summed E-state index contributed by atoms with van der Waals surface area (Å²) in [6, 6.07) is 0. The Morgan fingerprint density at radius 1 is 0.812 bits per heavy atom. The maximum Gasteiger partial charge on any atom is 0.235 e. The Morgan fingerprint density at radius 3 is 1.50 bits per heavy atom. The summed E-state index contributed by atoms with van der Waals surface area (Å²) in [5, 5.41) is 0. The lowest BCUT2D eigenvalue weighted by Crippen LogP contribution is -2.47. The second kappa shape index (κ2) is 3.97. The third-order valence-corrected chi connectivity index (χ3v) is 3.11. The molecule has 0 amide bonds. The van der Waals surface area contributed by atoms with Crippen LogP contribution < -0.4 is 0 Å². The van der Waals surface area contributed by atoms with Gasteiger partial charge in [-0.3, -0.25) is 0 Å². The van der Waals surface area contributed by atoms with Crippen molar-refractivity contribution in [2.75, 3.05) is 0 Å². The van der Waals surface area contributed by atoms with E-state index < -0.39 is 11.1 Å². The van der Waals surface area contributed by atoms with Gasteiger partial charge in [0, 0.05) is 0 Å². The molecule has 2 unspecified atom stereocenters. The third kappa shape index (κ3) is 2.88. The van der Waals surface area contributed by atoms with Crippen LogP contribution in [0.2, 0.25) is 0 Å². The topological polar surface area (TPSA) is 58.9 Å². The number of rotatable bonds is 2. The predicted octanol–water partition coefficient (Wildman–Crippen LogP) is 2.39.